The molecule has 0 heterocycles. The van der Waals surface area contributed by atoms with Crippen LogP contribution < -0.4 is 0 Å². The van der Waals surface area contributed by atoms with Crippen molar-refractivity contribution in [1.82, 2.24) is 0 Å². The lowest BCUT2D eigenvalue weighted by molar-refractivity contribution is -0.138. The molecule has 0 saturated carbocycles. The van der Waals surface area contributed by atoms with Crippen LogP contribution in [0, 0.1) is 0 Å². The molecule has 0 aromatic carbocycles. The summed E-state index contributed by atoms with van der Waals surface area (Å²) in [5, 5.41) is 8.10. The smallest absolute Gasteiger partial charge is 0.330 e. The second-order valence-corrected chi connectivity index (χ2v) is 3.27. The zero-order chi connectivity index (χ0) is 15.0. The lowest BCUT2D eigenvalue weighted by Crippen LogP contribution is -2.04. The van der Waals surface area contributed by atoms with Gasteiger partial charge in [0, 0.05) is 12.2 Å². The van der Waals surface area contributed by atoms with Gasteiger partial charge < -0.3 is 14.6 Å². The van der Waals surface area contributed by atoms with Gasteiger partial charge in [0.1, 0.15) is 6.61 Å². The lowest BCUT2D eigenvalue weighted by Gasteiger charge is -1.94. The second-order valence-electron chi connectivity index (χ2n) is 2.16. The number of hydrogen-bond donors (Lipinski definition) is 1. The van der Waals surface area contributed by atoms with Gasteiger partial charge in [0.2, 0.25) is 0 Å². The van der Waals surface area contributed by atoms with Crippen molar-refractivity contribution in [3.8, 4) is 0 Å². The number of aliphatic hydroxyl groups is 1. The molecule has 0 fully saturated rings. The minimum atomic E-state index is -0.501. The summed E-state index contributed by atoms with van der Waals surface area (Å²) in [5.74, 6) is -0.894. The van der Waals surface area contributed by atoms with Gasteiger partial charge in [-0.3, -0.25) is 0 Å². The Morgan fingerprint density at radius 3 is 1.78 bits per heavy atom. The monoisotopic (exact) mass is 298 g/mol. The summed E-state index contributed by atoms with van der Waals surface area (Å²) < 4.78 is 8.59. The molecule has 0 rings (SSSR count). The van der Waals surface area contributed by atoms with Gasteiger partial charge in [-0.2, -0.15) is 0 Å². The van der Waals surface area contributed by atoms with Gasteiger partial charge in [-0.1, -0.05) is 42.9 Å². The van der Waals surface area contributed by atoms with Crippen LogP contribution >= 0.6 is 23.2 Å². The third-order valence-corrected chi connectivity index (χ3v) is 0.870. The largest absolute Gasteiger partial charge is 0.466 e. The normalized spacial score (nSPS) is 7.33. The van der Waals surface area contributed by atoms with Crippen LogP contribution in [0.2, 0.25) is 0 Å². The molecule has 0 amide bonds. The first-order valence-electron chi connectivity index (χ1n) is 4.46. The molecule has 0 saturated heterocycles. The van der Waals surface area contributed by atoms with Crippen LogP contribution in [0.1, 0.15) is 0 Å². The van der Waals surface area contributed by atoms with E-state index in [1.165, 1.54) is 7.11 Å². The highest BCUT2D eigenvalue weighted by Gasteiger charge is 1.90. The summed E-state index contributed by atoms with van der Waals surface area (Å²) in [6, 6.07) is 0. The molecule has 0 unspecified atom stereocenters. The zero-order valence-corrected chi connectivity index (χ0v) is 11.5. The molecule has 0 aliphatic carbocycles. The molecule has 0 aliphatic heterocycles. The van der Waals surface area contributed by atoms with Gasteiger partial charge in [-0.25, -0.2) is 9.59 Å². The predicted octanol–water partition coefficient (Wildman–Crippen LogP) is 1.99. The van der Waals surface area contributed by atoms with E-state index in [0.29, 0.717) is 0 Å². The Kier molecular flexibility index (Phi) is 22.0. The Morgan fingerprint density at radius 1 is 1.22 bits per heavy atom. The Balaban J connectivity index is -0.000000200. The predicted molar refractivity (Wildman–Crippen MR) is 71.3 cm³/mol. The van der Waals surface area contributed by atoms with Crippen molar-refractivity contribution in [1.29, 1.82) is 0 Å². The van der Waals surface area contributed by atoms with Crippen LogP contribution in [0.5, 0.6) is 0 Å². The number of esters is 2. The fourth-order valence-electron chi connectivity index (χ4n) is 0.288. The fourth-order valence-corrected chi connectivity index (χ4v) is 0.288. The quantitative estimate of drug-likeness (QED) is 0.635. The third-order valence-electron chi connectivity index (χ3n) is 0.870. The van der Waals surface area contributed by atoms with Crippen LogP contribution in [0.25, 0.3) is 0 Å². The number of carbonyl (C=O) groups excluding carboxylic acids is 2. The standard InChI is InChI=1S/C5H8O3.C4H6O2.C2H2Cl2/c1-2-5(7)8-4-3-6;1-3-4(5)6-2;1-2(3)4/h2,6H,1,3-4H2;3H,1H2,2H3;1H2. The maximum absolute atomic E-state index is 10.1. The molecule has 0 spiro atoms. The van der Waals surface area contributed by atoms with E-state index >= 15 is 0 Å². The summed E-state index contributed by atoms with van der Waals surface area (Å²) >= 11 is 9.69. The average Bonchev–Trinajstić information content (AvgIpc) is 2.34. The average molecular weight is 299 g/mol. The Morgan fingerprint density at radius 2 is 1.61 bits per heavy atom. The van der Waals surface area contributed by atoms with Crippen LogP contribution in [-0.2, 0) is 19.1 Å². The Bertz CT molecular complexity index is 273. The third kappa shape index (κ3) is 36.5. The van der Waals surface area contributed by atoms with Crippen molar-refractivity contribution in [2.24, 2.45) is 0 Å². The molecule has 0 aromatic heterocycles. The first kappa shape index (κ1) is 21.9. The summed E-state index contributed by atoms with van der Waals surface area (Å²) in [6.07, 6.45) is 2.16. The summed E-state index contributed by atoms with van der Waals surface area (Å²) in [6.45, 7) is 9.31. The summed E-state index contributed by atoms with van der Waals surface area (Å²) in [4.78, 5) is 20.0. The lowest BCUT2D eigenvalue weighted by atomic mass is 10.6. The second kappa shape index (κ2) is 18.1. The van der Waals surface area contributed by atoms with Crippen molar-refractivity contribution in [3.05, 3.63) is 36.4 Å². The molecule has 0 radical (unpaired) electrons. The van der Waals surface area contributed by atoms with Gasteiger partial charge in [-0.15, -0.1) is 0 Å². The van der Waals surface area contributed by atoms with E-state index in [2.05, 4.69) is 29.2 Å². The highest BCUT2D eigenvalue weighted by atomic mass is 35.5. The van der Waals surface area contributed by atoms with E-state index in [1.54, 1.807) is 0 Å². The van der Waals surface area contributed by atoms with E-state index in [-0.39, 0.29) is 17.7 Å². The minimum Gasteiger partial charge on any atom is -0.466 e. The van der Waals surface area contributed by atoms with Gasteiger partial charge in [-0.05, 0) is 0 Å². The molecular formula is C11H16Cl2O5. The van der Waals surface area contributed by atoms with Crippen molar-refractivity contribution >= 4 is 35.1 Å². The van der Waals surface area contributed by atoms with Crippen LogP contribution in [0.3, 0.4) is 0 Å². The van der Waals surface area contributed by atoms with Gasteiger partial charge in [0.25, 0.3) is 0 Å². The molecule has 104 valence electrons. The van der Waals surface area contributed by atoms with E-state index in [9.17, 15) is 9.59 Å². The van der Waals surface area contributed by atoms with Gasteiger partial charge in [0.05, 0.1) is 18.2 Å². The van der Waals surface area contributed by atoms with Crippen LogP contribution in [0.4, 0.5) is 0 Å². The Hall–Kier alpha value is -1.30. The fraction of sp³-hybridized carbons (Fsp3) is 0.273. The molecule has 0 atom stereocenters. The molecule has 7 heteroatoms. The summed E-state index contributed by atoms with van der Waals surface area (Å²) in [5.41, 5.74) is 0. The van der Waals surface area contributed by atoms with Crippen molar-refractivity contribution < 1.29 is 24.2 Å². The first-order valence-corrected chi connectivity index (χ1v) is 5.21. The maximum atomic E-state index is 10.1. The van der Waals surface area contributed by atoms with E-state index in [0.717, 1.165) is 12.2 Å². The molecule has 18 heavy (non-hydrogen) atoms. The van der Waals surface area contributed by atoms with Crippen LogP contribution in [0.15, 0.2) is 36.4 Å². The number of rotatable bonds is 4. The van der Waals surface area contributed by atoms with Gasteiger partial charge >= 0.3 is 11.9 Å². The molecule has 0 aliphatic rings. The molecular weight excluding hydrogens is 283 g/mol. The minimum absolute atomic E-state index is 0.0465. The SMILES string of the molecule is C=C(Cl)Cl.C=CC(=O)OC.C=CC(=O)OCCO. The summed E-state index contributed by atoms with van der Waals surface area (Å²) in [7, 11) is 1.31. The van der Waals surface area contributed by atoms with Gasteiger partial charge in [0.15, 0.2) is 0 Å². The maximum Gasteiger partial charge on any atom is 0.330 e. The van der Waals surface area contributed by atoms with E-state index < -0.39 is 11.9 Å². The topological polar surface area (TPSA) is 72.8 Å². The number of aliphatic hydroxyl groups excluding tert-OH is 1. The molecule has 1 N–H and O–H groups in total. The van der Waals surface area contributed by atoms with E-state index in [4.69, 9.17) is 28.3 Å². The van der Waals surface area contributed by atoms with Crippen molar-refractivity contribution in [2.45, 2.75) is 0 Å². The number of halogens is 2. The molecule has 5 nitrogen and oxygen atoms in total. The van der Waals surface area contributed by atoms with E-state index in [1.807, 2.05) is 0 Å². The Labute approximate surface area is 116 Å². The number of methoxy groups -OCH3 is 1. The number of ether oxygens (including phenoxy) is 2. The number of carbonyl (C=O) groups is 2. The highest BCUT2D eigenvalue weighted by molar-refractivity contribution is 6.55. The molecule has 0 bridgehead atoms. The molecule has 0 aromatic rings. The zero-order valence-electron chi connectivity index (χ0n) is 10.0. The van der Waals surface area contributed by atoms with Crippen molar-refractivity contribution in [3.63, 3.8) is 0 Å². The first-order chi connectivity index (χ1) is 8.35. The van der Waals surface area contributed by atoms with Crippen LogP contribution in [-0.4, -0.2) is 37.4 Å². The highest BCUT2D eigenvalue weighted by Crippen LogP contribution is 1.98. The number of hydrogen-bond acceptors (Lipinski definition) is 5. The van der Waals surface area contributed by atoms with Crippen molar-refractivity contribution in [2.75, 3.05) is 20.3 Å².